The Kier molecular flexibility index (Phi) is 6.16. The molecule has 0 aliphatic carbocycles. The molecule has 0 saturated carbocycles. The molecule has 6 aromatic rings. The van der Waals surface area contributed by atoms with Gasteiger partial charge in [-0.1, -0.05) is 110 Å². The second-order valence-electron chi connectivity index (χ2n) is 13.8. The van der Waals surface area contributed by atoms with Gasteiger partial charge in [0.15, 0.2) is 8.07 Å². The summed E-state index contributed by atoms with van der Waals surface area (Å²) >= 11 is 0. The van der Waals surface area contributed by atoms with Crippen LogP contribution in [0.1, 0.15) is 41.7 Å². The number of halogens is 3. The third-order valence-corrected chi connectivity index (χ3v) is 15.4. The van der Waals surface area contributed by atoms with Gasteiger partial charge in [-0.3, -0.25) is 0 Å². The van der Waals surface area contributed by atoms with Gasteiger partial charge in [0.2, 0.25) is 0 Å². The molecule has 0 aromatic heterocycles. The standard InChI is InChI=1S/C42H32F3NO2Si/c1-25-13-19-32-30(21-25)41(3,4)31-22-26(2)14-20-33(31)46(32)28-23-36-40-37(24-28)48-35-10-6-8-12-39(35)49(40,38-11-7-5-9-34(38)47-36)29-17-15-27(16-18-29)42(43,44)45/h5-24H,1-4H3. The number of hydrogen-bond acceptors (Lipinski definition) is 3. The fraction of sp³-hybridized carbons (Fsp3) is 0.143. The van der Waals surface area contributed by atoms with Crippen LogP contribution in [0.25, 0.3) is 0 Å². The number of alkyl halides is 3. The summed E-state index contributed by atoms with van der Waals surface area (Å²) in [7, 11) is -3.22. The number of hydrogen-bond donors (Lipinski definition) is 0. The second kappa shape index (κ2) is 10.1. The van der Waals surface area contributed by atoms with Gasteiger partial charge < -0.3 is 14.4 Å². The highest BCUT2D eigenvalue weighted by Gasteiger charge is 2.54. The molecule has 3 aliphatic heterocycles. The van der Waals surface area contributed by atoms with Gasteiger partial charge in [-0.2, -0.15) is 13.2 Å². The Hall–Kier alpha value is -5.27. The van der Waals surface area contributed by atoms with Crippen LogP contribution in [-0.4, -0.2) is 8.07 Å². The Morgan fingerprint density at radius 2 is 1.08 bits per heavy atom. The molecule has 49 heavy (non-hydrogen) atoms. The van der Waals surface area contributed by atoms with Crippen molar-refractivity contribution in [1.29, 1.82) is 0 Å². The minimum atomic E-state index is -4.44. The summed E-state index contributed by atoms with van der Waals surface area (Å²) in [5.41, 5.74) is 6.97. The summed E-state index contributed by atoms with van der Waals surface area (Å²) in [4.78, 5) is 2.29. The highest BCUT2D eigenvalue weighted by molar-refractivity contribution is 7.21. The average molecular weight is 668 g/mol. The molecular formula is C42H32F3NO2Si. The van der Waals surface area contributed by atoms with E-state index in [9.17, 15) is 13.2 Å². The molecule has 0 spiro atoms. The first kappa shape index (κ1) is 29.8. The van der Waals surface area contributed by atoms with Crippen LogP contribution < -0.4 is 35.1 Å². The minimum Gasteiger partial charge on any atom is -0.457 e. The molecule has 0 radical (unpaired) electrons. The number of ether oxygens (including phenoxy) is 2. The Balaban J connectivity index is 1.35. The van der Waals surface area contributed by atoms with E-state index in [1.165, 1.54) is 34.4 Å². The molecule has 0 fully saturated rings. The molecule has 0 amide bonds. The van der Waals surface area contributed by atoms with Crippen LogP contribution >= 0.6 is 0 Å². The molecule has 0 atom stereocenters. The lowest BCUT2D eigenvalue weighted by atomic mass is 9.72. The molecule has 3 nitrogen and oxygen atoms in total. The van der Waals surface area contributed by atoms with E-state index < -0.39 is 19.8 Å². The number of aryl methyl sites for hydroxylation is 2. The number of nitrogens with zero attached hydrogens (tertiary/aromatic N) is 1. The Morgan fingerprint density at radius 1 is 0.592 bits per heavy atom. The molecule has 6 aromatic carbocycles. The van der Waals surface area contributed by atoms with Gasteiger partial charge in [0.25, 0.3) is 0 Å². The van der Waals surface area contributed by atoms with Gasteiger partial charge in [0.1, 0.15) is 23.0 Å². The molecule has 3 heterocycles. The van der Waals surface area contributed by atoms with E-state index in [0.717, 1.165) is 37.8 Å². The maximum absolute atomic E-state index is 13.8. The number of anilines is 3. The van der Waals surface area contributed by atoms with Crippen LogP contribution in [0, 0.1) is 13.8 Å². The first-order valence-electron chi connectivity index (χ1n) is 16.4. The maximum atomic E-state index is 13.8. The number of fused-ring (bicyclic) bond motifs is 6. The Morgan fingerprint density at radius 3 is 1.57 bits per heavy atom. The van der Waals surface area contributed by atoms with Crippen molar-refractivity contribution < 1.29 is 22.6 Å². The molecule has 0 N–H and O–H groups in total. The monoisotopic (exact) mass is 667 g/mol. The first-order chi connectivity index (χ1) is 23.5. The van der Waals surface area contributed by atoms with Gasteiger partial charge in [-0.05, 0) is 64.8 Å². The van der Waals surface area contributed by atoms with E-state index in [4.69, 9.17) is 9.47 Å². The quantitative estimate of drug-likeness (QED) is 0.172. The van der Waals surface area contributed by atoms with Crippen molar-refractivity contribution in [3.63, 3.8) is 0 Å². The lowest BCUT2D eigenvalue weighted by Crippen LogP contribution is -2.77. The molecule has 242 valence electrons. The van der Waals surface area contributed by atoms with E-state index in [2.05, 4.69) is 93.3 Å². The van der Waals surface area contributed by atoms with Crippen molar-refractivity contribution in [1.82, 2.24) is 0 Å². The Bertz CT molecular complexity index is 2220. The average Bonchev–Trinajstić information content (AvgIpc) is 3.08. The third kappa shape index (κ3) is 4.15. The fourth-order valence-corrected chi connectivity index (χ4v) is 13.3. The van der Waals surface area contributed by atoms with Gasteiger partial charge in [0, 0.05) is 22.7 Å². The SMILES string of the molecule is Cc1ccc2c(c1)C(C)(C)c1cc(C)ccc1N2c1cc2c3c(c1)Oc1ccccc1[Si]3(c1ccc(C(F)(F)F)cc1)c1ccccc1O2. The van der Waals surface area contributed by atoms with Crippen LogP contribution in [0.5, 0.6) is 23.0 Å². The van der Waals surface area contributed by atoms with Crippen molar-refractivity contribution in [2.45, 2.75) is 39.3 Å². The topological polar surface area (TPSA) is 21.7 Å². The van der Waals surface area contributed by atoms with Crippen LogP contribution in [-0.2, 0) is 11.6 Å². The van der Waals surface area contributed by atoms with Crippen LogP contribution in [0.3, 0.4) is 0 Å². The number of benzene rings is 6. The lowest BCUT2D eigenvalue weighted by Gasteiger charge is -2.45. The van der Waals surface area contributed by atoms with Crippen molar-refractivity contribution in [2.75, 3.05) is 4.90 Å². The minimum absolute atomic E-state index is 0.239. The van der Waals surface area contributed by atoms with E-state index in [0.29, 0.717) is 23.0 Å². The lowest BCUT2D eigenvalue weighted by molar-refractivity contribution is -0.137. The van der Waals surface area contributed by atoms with Crippen molar-refractivity contribution >= 4 is 45.9 Å². The van der Waals surface area contributed by atoms with Crippen LogP contribution in [0.4, 0.5) is 30.2 Å². The zero-order valence-electron chi connectivity index (χ0n) is 27.4. The highest BCUT2D eigenvalue weighted by Crippen LogP contribution is 2.54. The summed E-state index contributed by atoms with van der Waals surface area (Å²) < 4.78 is 55.1. The number of rotatable bonds is 2. The van der Waals surface area contributed by atoms with Gasteiger partial charge in [-0.25, -0.2) is 0 Å². The maximum Gasteiger partial charge on any atom is 0.416 e. The van der Waals surface area contributed by atoms with Gasteiger partial charge >= 0.3 is 6.18 Å². The molecule has 0 unspecified atom stereocenters. The summed E-state index contributed by atoms with van der Waals surface area (Å²) in [6.07, 6.45) is -4.44. The molecule has 0 bridgehead atoms. The van der Waals surface area contributed by atoms with E-state index in [1.807, 2.05) is 36.4 Å². The van der Waals surface area contributed by atoms with Crippen molar-refractivity contribution in [3.8, 4) is 23.0 Å². The second-order valence-corrected chi connectivity index (χ2v) is 17.5. The largest absolute Gasteiger partial charge is 0.457 e. The molecule has 7 heteroatoms. The van der Waals surface area contributed by atoms with Crippen molar-refractivity contribution in [3.05, 3.63) is 149 Å². The predicted molar refractivity (Wildman–Crippen MR) is 191 cm³/mol. The van der Waals surface area contributed by atoms with Crippen LogP contribution in [0.15, 0.2) is 121 Å². The first-order valence-corrected chi connectivity index (χ1v) is 18.4. The molecule has 9 rings (SSSR count). The summed E-state index contributed by atoms with van der Waals surface area (Å²) in [6, 6.07) is 39.0. The molecule has 0 saturated heterocycles. The van der Waals surface area contributed by atoms with E-state index in [1.54, 1.807) is 12.1 Å². The molecular weight excluding hydrogens is 636 g/mol. The Labute approximate surface area is 284 Å². The predicted octanol–water partition coefficient (Wildman–Crippen LogP) is 9.02. The normalized spacial score (nSPS) is 15.9. The van der Waals surface area contributed by atoms with E-state index >= 15 is 0 Å². The zero-order chi connectivity index (χ0) is 33.9. The van der Waals surface area contributed by atoms with Crippen LogP contribution in [0.2, 0.25) is 0 Å². The summed E-state index contributed by atoms with van der Waals surface area (Å²) in [6.45, 7) is 8.80. The smallest absolute Gasteiger partial charge is 0.416 e. The van der Waals surface area contributed by atoms with Gasteiger partial charge in [-0.15, -0.1) is 0 Å². The summed E-state index contributed by atoms with van der Waals surface area (Å²) in [5, 5.41) is 3.70. The highest BCUT2D eigenvalue weighted by atomic mass is 28.3. The molecule has 3 aliphatic rings. The van der Waals surface area contributed by atoms with Gasteiger partial charge in [0.05, 0.1) is 22.6 Å². The number of para-hydroxylation sites is 2. The van der Waals surface area contributed by atoms with E-state index in [-0.39, 0.29) is 5.41 Å². The van der Waals surface area contributed by atoms with Crippen molar-refractivity contribution in [2.24, 2.45) is 0 Å². The third-order valence-electron chi connectivity index (χ3n) is 10.5. The summed E-state index contributed by atoms with van der Waals surface area (Å²) in [5.74, 6) is 2.71. The zero-order valence-corrected chi connectivity index (χ0v) is 28.4. The fourth-order valence-electron chi connectivity index (χ4n) is 8.23.